The molecule has 2 aromatic heterocycles. The first kappa shape index (κ1) is 19.9. The van der Waals surface area contributed by atoms with E-state index in [0.29, 0.717) is 5.89 Å². The molecule has 1 aliphatic rings. The molecule has 1 aromatic carbocycles. The van der Waals surface area contributed by atoms with Crippen LogP contribution in [0, 0.1) is 13.8 Å². The topological polar surface area (TPSA) is 58.4 Å². The molecule has 0 bridgehead atoms. The van der Waals surface area contributed by atoms with Crippen molar-refractivity contribution in [2.75, 3.05) is 13.1 Å². The number of amides is 1. The van der Waals surface area contributed by atoms with E-state index >= 15 is 0 Å². The average Bonchev–Trinajstić information content (AvgIpc) is 3.34. The molecule has 1 amide bonds. The highest BCUT2D eigenvalue weighted by Gasteiger charge is 2.22. The number of likely N-dealkylation sites (tertiary alicyclic amines) is 1. The van der Waals surface area contributed by atoms with E-state index in [1.54, 1.807) is 11.3 Å². The Labute approximate surface area is 175 Å². The zero-order valence-corrected chi connectivity index (χ0v) is 17.8. The second kappa shape index (κ2) is 8.93. The van der Waals surface area contributed by atoms with Gasteiger partial charge >= 0.3 is 0 Å². The van der Waals surface area contributed by atoms with Gasteiger partial charge in [-0.1, -0.05) is 35.9 Å². The minimum absolute atomic E-state index is 0.0243. The van der Waals surface area contributed by atoms with Crippen LogP contribution in [0.25, 0.3) is 10.8 Å². The van der Waals surface area contributed by atoms with Gasteiger partial charge in [0.25, 0.3) is 0 Å². The molecule has 0 spiro atoms. The summed E-state index contributed by atoms with van der Waals surface area (Å²) in [6, 6.07) is 12.9. The number of hydrogen-bond acceptors (Lipinski definition) is 5. The molecule has 1 aliphatic heterocycles. The zero-order chi connectivity index (χ0) is 20.2. The highest BCUT2D eigenvalue weighted by Crippen LogP contribution is 2.26. The molecule has 29 heavy (non-hydrogen) atoms. The molecule has 1 N–H and O–H groups in total. The molecule has 152 valence electrons. The number of piperidine rings is 1. The van der Waals surface area contributed by atoms with Gasteiger partial charge in [0, 0.05) is 25.7 Å². The second-order valence-electron chi connectivity index (χ2n) is 7.78. The molecule has 1 fully saturated rings. The summed E-state index contributed by atoms with van der Waals surface area (Å²) in [5.74, 6) is 1.34. The molecule has 0 radical (unpaired) electrons. The standard InChI is InChI=1S/C23H27N3O2S/c1-16-5-3-6-18(13-16)15-26-10-8-19(9-11-26)24-22(27)14-20-17(2)28-23(25-20)21-7-4-12-29-21/h3-7,12-13,19H,8-11,14-15H2,1-2H3,(H,24,27). The average molecular weight is 410 g/mol. The summed E-state index contributed by atoms with van der Waals surface area (Å²) >= 11 is 1.59. The van der Waals surface area contributed by atoms with Gasteiger partial charge in [-0.25, -0.2) is 4.98 Å². The lowest BCUT2D eigenvalue weighted by Crippen LogP contribution is -2.44. The van der Waals surface area contributed by atoms with Crippen LogP contribution in [0.2, 0.25) is 0 Å². The second-order valence-corrected chi connectivity index (χ2v) is 8.73. The molecule has 3 aromatic rings. The summed E-state index contributed by atoms with van der Waals surface area (Å²) < 4.78 is 5.74. The fourth-order valence-electron chi connectivity index (χ4n) is 3.83. The maximum Gasteiger partial charge on any atom is 0.236 e. The van der Waals surface area contributed by atoms with Gasteiger partial charge in [0.2, 0.25) is 11.8 Å². The van der Waals surface area contributed by atoms with Crippen molar-refractivity contribution in [1.82, 2.24) is 15.2 Å². The lowest BCUT2D eigenvalue weighted by molar-refractivity contribution is -0.121. The first-order valence-corrected chi connectivity index (χ1v) is 11.0. The van der Waals surface area contributed by atoms with E-state index in [9.17, 15) is 4.79 Å². The van der Waals surface area contributed by atoms with Crippen LogP contribution in [0.1, 0.15) is 35.4 Å². The summed E-state index contributed by atoms with van der Waals surface area (Å²) in [6.07, 6.45) is 2.23. The Balaban J connectivity index is 1.26. The maximum atomic E-state index is 12.5. The van der Waals surface area contributed by atoms with Gasteiger partial charge in [0.1, 0.15) is 5.76 Å². The van der Waals surface area contributed by atoms with Crippen molar-refractivity contribution >= 4 is 17.2 Å². The molecular weight excluding hydrogens is 382 g/mol. The normalized spacial score (nSPS) is 15.5. The Morgan fingerprint density at radius 3 is 2.79 bits per heavy atom. The van der Waals surface area contributed by atoms with Gasteiger partial charge in [0.15, 0.2) is 0 Å². The fourth-order valence-corrected chi connectivity index (χ4v) is 4.48. The van der Waals surface area contributed by atoms with E-state index in [4.69, 9.17) is 4.42 Å². The first-order chi connectivity index (χ1) is 14.1. The molecule has 3 heterocycles. The summed E-state index contributed by atoms with van der Waals surface area (Å²) in [5.41, 5.74) is 3.38. The quantitative estimate of drug-likeness (QED) is 0.658. The van der Waals surface area contributed by atoms with Crippen molar-refractivity contribution < 1.29 is 9.21 Å². The van der Waals surface area contributed by atoms with Crippen LogP contribution in [0.3, 0.4) is 0 Å². The monoisotopic (exact) mass is 409 g/mol. The number of nitrogens with zero attached hydrogens (tertiary/aromatic N) is 2. The van der Waals surface area contributed by atoms with Crippen LogP contribution < -0.4 is 5.32 Å². The number of rotatable bonds is 6. The first-order valence-electron chi connectivity index (χ1n) is 10.1. The van der Waals surface area contributed by atoms with E-state index in [2.05, 4.69) is 46.4 Å². The van der Waals surface area contributed by atoms with Crippen LogP contribution in [-0.2, 0) is 17.8 Å². The molecular formula is C23H27N3O2S. The summed E-state index contributed by atoms with van der Waals surface area (Å²) in [5, 5.41) is 5.18. The highest BCUT2D eigenvalue weighted by molar-refractivity contribution is 7.13. The Morgan fingerprint density at radius 1 is 1.24 bits per heavy atom. The largest absolute Gasteiger partial charge is 0.440 e. The molecule has 1 saturated heterocycles. The molecule has 0 unspecified atom stereocenters. The van der Waals surface area contributed by atoms with Crippen LogP contribution in [0.15, 0.2) is 46.2 Å². The minimum Gasteiger partial charge on any atom is -0.440 e. The fraction of sp³-hybridized carbons (Fsp3) is 0.391. The lowest BCUT2D eigenvalue weighted by atomic mass is 10.0. The molecule has 0 saturated carbocycles. The van der Waals surface area contributed by atoms with Crippen molar-refractivity contribution in [2.45, 2.75) is 45.7 Å². The number of oxazole rings is 1. The molecule has 0 aliphatic carbocycles. The van der Waals surface area contributed by atoms with Crippen LogP contribution in [0.5, 0.6) is 0 Å². The Morgan fingerprint density at radius 2 is 2.07 bits per heavy atom. The molecule has 0 atom stereocenters. The SMILES string of the molecule is Cc1cccc(CN2CCC(NC(=O)Cc3nc(-c4cccs4)oc3C)CC2)c1. The smallest absolute Gasteiger partial charge is 0.236 e. The van der Waals surface area contributed by atoms with Gasteiger partial charge in [-0.15, -0.1) is 11.3 Å². The molecule has 5 nitrogen and oxygen atoms in total. The third-order valence-corrected chi connectivity index (χ3v) is 6.25. The maximum absolute atomic E-state index is 12.5. The van der Waals surface area contributed by atoms with Gasteiger partial charge in [0.05, 0.1) is 17.0 Å². The van der Waals surface area contributed by atoms with Gasteiger partial charge in [-0.2, -0.15) is 0 Å². The number of benzene rings is 1. The number of aromatic nitrogens is 1. The number of nitrogens with one attached hydrogen (secondary N) is 1. The van der Waals surface area contributed by atoms with E-state index in [1.807, 2.05) is 24.4 Å². The third-order valence-electron chi connectivity index (χ3n) is 5.39. The number of carbonyl (C=O) groups is 1. The molecule has 6 heteroatoms. The summed E-state index contributed by atoms with van der Waals surface area (Å²) in [6.45, 7) is 6.99. The number of hydrogen-bond donors (Lipinski definition) is 1. The Hall–Kier alpha value is -2.44. The van der Waals surface area contributed by atoms with E-state index < -0.39 is 0 Å². The van der Waals surface area contributed by atoms with E-state index in [1.165, 1.54) is 11.1 Å². The Kier molecular flexibility index (Phi) is 6.11. The van der Waals surface area contributed by atoms with E-state index in [0.717, 1.165) is 48.8 Å². The van der Waals surface area contributed by atoms with Gasteiger partial charge in [-0.3, -0.25) is 9.69 Å². The van der Waals surface area contributed by atoms with Crippen molar-refractivity contribution in [3.63, 3.8) is 0 Å². The summed E-state index contributed by atoms with van der Waals surface area (Å²) in [7, 11) is 0. The van der Waals surface area contributed by atoms with Crippen LogP contribution in [0.4, 0.5) is 0 Å². The van der Waals surface area contributed by atoms with Gasteiger partial charge < -0.3 is 9.73 Å². The highest BCUT2D eigenvalue weighted by atomic mass is 32.1. The molecule has 4 rings (SSSR count). The van der Waals surface area contributed by atoms with Crippen molar-refractivity contribution in [3.8, 4) is 10.8 Å². The predicted molar refractivity (Wildman–Crippen MR) is 116 cm³/mol. The zero-order valence-electron chi connectivity index (χ0n) is 17.0. The van der Waals surface area contributed by atoms with Crippen molar-refractivity contribution in [3.05, 3.63) is 64.4 Å². The van der Waals surface area contributed by atoms with Crippen molar-refractivity contribution in [1.29, 1.82) is 0 Å². The number of thiophene rings is 1. The third kappa shape index (κ3) is 5.14. The van der Waals surface area contributed by atoms with Crippen LogP contribution in [-0.4, -0.2) is 34.9 Å². The minimum atomic E-state index is 0.0243. The van der Waals surface area contributed by atoms with Gasteiger partial charge in [-0.05, 0) is 43.7 Å². The lowest BCUT2D eigenvalue weighted by Gasteiger charge is -2.32. The van der Waals surface area contributed by atoms with E-state index in [-0.39, 0.29) is 18.4 Å². The Bertz CT molecular complexity index is 956. The number of aryl methyl sites for hydroxylation is 2. The number of carbonyl (C=O) groups excluding carboxylic acids is 1. The van der Waals surface area contributed by atoms with Crippen LogP contribution >= 0.6 is 11.3 Å². The summed E-state index contributed by atoms with van der Waals surface area (Å²) in [4.78, 5) is 20.5. The van der Waals surface area contributed by atoms with Crippen molar-refractivity contribution in [2.24, 2.45) is 0 Å². The predicted octanol–water partition coefficient (Wildman–Crippen LogP) is 4.34.